The van der Waals surface area contributed by atoms with E-state index < -0.39 is 0 Å². The molecule has 22 heavy (non-hydrogen) atoms. The Morgan fingerprint density at radius 3 is 2.95 bits per heavy atom. The Balaban J connectivity index is 1.86. The van der Waals surface area contributed by atoms with Crippen molar-refractivity contribution in [2.75, 3.05) is 25.0 Å². The number of aromatic nitrogens is 1. The molecule has 0 aromatic carbocycles. The van der Waals surface area contributed by atoms with Crippen LogP contribution in [-0.2, 0) is 4.79 Å². The van der Waals surface area contributed by atoms with E-state index in [-0.39, 0.29) is 5.91 Å². The zero-order valence-corrected chi connectivity index (χ0v) is 13.5. The van der Waals surface area contributed by atoms with Gasteiger partial charge in [-0.15, -0.1) is 0 Å². The van der Waals surface area contributed by atoms with Gasteiger partial charge in [-0.05, 0) is 44.7 Å². The molecule has 1 saturated heterocycles. The van der Waals surface area contributed by atoms with Gasteiger partial charge >= 0.3 is 0 Å². The van der Waals surface area contributed by atoms with Crippen LogP contribution < -0.4 is 5.32 Å². The molecule has 1 fully saturated rings. The largest absolute Gasteiger partial charge is 0.369 e. The molecular formula is C17H24N4O. The average Bonchev–Trinajstić information content (AvgIpc) is 2.68. The molecular weight excluding hydrogens is 276 g/mol. The number of hydrogen-bond acceptors (Lipinski definition) is 4. The molecule has 0 saturated carbocycles. The van der Waals surface area contributed by atoms with Gasteiger partial charge in [-0.2, -0.15) is 5.26 Å². The quantitative estimate of drug-likeness (QED) is 0.849. The standard InChI is InChI=1S/C17H24N4O/c1-13-11-14(2)20-17(15(13)12-18)19-8-6-10-21-9-5-3-4-7-16(21)22/h11H,3-10H2,1-2H3,(H,19,20). The van der Waals surface area contributed by atoms with Crippen molar-refractivity contribution in [1.82, 2.24) is 9.88 Å². The van der Waals surface area contributed by atoms with Gasteiger partial charge in [0.2, 0.25) is 5.91 Å². The number of carbonyl (C=O) groups excluding carboxylic acids is 1. The first-order valence-corrected chi connectivity index (χ1v) is 8.02. The third-order valence-corrected chi connectivity index (χ3v) is 4.03. The van der Waals surface area contributed by atoms with Gasteiger partial charge < -0.3 is 10.2 Å². The van der Waals surface area contributed by atoms with Crippen LogP contribution in [0, 0.1) is 25.2 Å². The summed E-state index contributed by atoms with van der Waals surface area (Å²) in [6.45, 7) is 6.22. The molecule has 0 spiro atoms. The number of likely N-dealkylation sites (tertiary alicyclic amines) is 1. The fraction of sp³-hybridized carbons (Fsp3) is 0.588. The van der Waals surface area contributed by atoms with Crippen molar-refractivity contribution in [1.29, 1.82) is 5.26 Å². The SMILES string of the molecule is Cc1cc(C)c(C#N)c(NCCCN2CCCCCC2=O)n1. The zero-order chi connectivity index (χ0) is 15.9. The summed E-state index contributed by atoms with van der Waals surface area (Å²) in [5.74, 6) is 0.932. The van der Waals surface area contributed by atoms with Crippen LogP contribution >= 0.6 is 0 Å². The van der Waals surface area contributed by atoms with Crippen molar-refractivity contribution in [2.24, 2.45) is 0 Å². The van der Waals surface area contributed by atoms with Crippen LogP contribution in [0.2, 0.25) is 0 Å². The number of rotatable bonds is 5. The van der Waals surface area contributed by atoms with Crippen LogP contribution in [-0.4, -0.2) is 35.4 Å². The predicted octanol–water partition coefficient (Wildman–Crippen LogP) is 2.77. The van der Waals surface area contributed by atoms with Crippen LogP contribution in [0.25, 0.3) is 0 Å². The summed E-state index contributed by atoms with van der Waals surface area (Å²) in [7, 11) is 0. The lowest BCUT2D eigenvalue weighted by Crippen LogP contribution is -2.32. The minimum atomic E-state index is 0.278. The summed E-state index contributed by atoms with van der Waals surface area (Å²) in [6.07, 6.45) is 4.83. The molecule has 1 aliphatic heterocycles. The Morgan fingerprint density at radius 1 is 1.36 bits per heavy atom. The van der Waals surface area contributed by atoms with Gasteiger partial charge in [0.25, 0.3) is 0 Å². The first-order valence-electron chi connectivity index (χ1n) is 8.02. The van der Waals surface area contributed by atoms with Gasteiger partial charge in [0.1, 0.15) is 11.9 Å². The minimum Gasteiger partial charge on any atom is -0.369 e. The number of anilines is 1. The highest BCUT2D eigenvalue weighted by molar-refractivity contribution is 5.76. The maximum absolute atomic E-state index is 11.9. The Kier molecular flexibility index (Phi) is 5.76. The summed E-state index contributed by atoms with van der Waals surface area (Å²) < 4.78 is 0. The first kappa shape index (κ1) is 16.3. The van der Waals surface area contributed by atoms with Crippen molar-refractivity contribution in [3.63, 3.8) is 0 Å². The molecule has 5 heteroatoms. The first-order chi connectivity index (χ1) is 10.6. The number of nitrogens with zero attached hydrogens (tertiary/aromatic N) is 3. The van der Waals surface area contributed by atoms with E-state index in [4.69, 9.17) is 0 Å². The second-order valence-corrected chi connectivity index (χ2v) is 5.89. The maximum Gasteiger partial charge on any atom is 0.222 e. The van der Waals surface area contributed by atoms with Crippen LogP contribution in [0.3, 0.4) is 0 Å². The lowest BCUT2D eigenvalue weighted by Gasteiger charge is -2.20. The fourth-order valence-corrected chi connectivity index (χ4v) is 2.86. The minimum absolute atomic E-state index is 0.278. The van der Waals surface area contributed by atoms with Gasteiger partial charge in [-0.25, -0.2) is 4.98 Å². The normalized spacial score (nSPS) is 15.3. The van der Waals surface area contributed by atoms with Crippen LogP contribution in [0.15, 0.2) is 6.07 Å². The van der Waals surface area contributed by atoms with Crippen molar-refractivity contribution in [3.05, 3.63) is 22.9 Å². The number of aryl methyl sites for hydroxylation is 2. The van der Waals surface area contributed by atoms with E-state index in [2.05, 4.69) is 16.4 Å². The molecule has 1 aliphatic rings. The number of pyridine rings is 1. The molecule has 2 heterocycles. The third kappa shape index (κ3) is 4.20. The van der Waals surface area contributed by atoms with Crippen LogP contribution in [0.4, 0.5) is 5.82 Å². The molecule has 118 valence electrons. The van der Waals surface area contributed by atoms with Crippen LogP contribution in [0.1, 0.15) is 48.9 Å². The summed E-state index contributed by atoms with van der Waals surface area (Å²) in [5.41, 5.74) is 2.46. The van der Waals surface area contributed by atoms with Crippen LogP contribution in [0.5, 0.6) is 0 Å². The molecule has 0 atom stereocenters. The van der Waals surface area contributed by atoms with Crippen molar-refractivity contribution >= 4 is 11.7 Å². The average molecular weight is 300 g/mol. The molecule has 2 rings (SSSR count). The van der Waals surface area contributed by atoms with E-state index in [9.17, 15) is 10.1 Å². The summed E-state index contributed by atoms with van der Waals surface area (Å²) in [4.78, 5) is 18.3. The molecule has 0 bridgehead atoms. The number of nitriles is 1. The second-order valence-electron chi connectivity index (χ2n) is 5.89. The Labute approximate surface area is 132 Å². The van der Waals surface area contributed by atoms with E-state index in [1.807, 2.05) is 24.8 Å². The number of nitrogens with one attached hydrogen (secondary N) is 1. The van der Waals surface area contributed by atoms with E-state index >= 15 is 0 Å². The summed E-state index contributed by atoms with van der Waals surface area (Å²) in [5, 5.41) is 12.5. The summed E-state index contributed by atoms with van der Waals surface area (Å²) >= 11 is 0. The van der Waals surface area contributed by atoms with Gasteiger partial charge in [0, 0.05) is 31.7 Å². The molecule has 1 aromatic rings. The highest BCUT2D eigenvalue weighted by atomic mass is 16.2. The Hall–Kier alpha value is -2.09. The predicted molar refractivity (Wildman–Crippen MR) is 86.6 cm³/mol. The molecule has 1 aromatic heterocycles. The van der Waals surface area contributed by atoms with Crippen molar-refractivity contribution in [2.45, 2.75) is 46.0 Å². The van der Waals surface area contributed by atoms with E-state index in [0.717, 1.165) is 50.0 Å². The number of carbonyl (C=O) groups is 1. The van der Waals surface area contributed by atoms with E-state index in [0.29, 0.717) is 24.3 Å². The van der Waals surface area contributed by atoms with Crippen molar-refractivity contribution in [3.8, 4) is 6.07 Å². The molecule has 0 unspecified atom stereocenters. The highest BCUT2D eigenvalue weighted by Gasteiger charge is 2.15. The lowest BCUT2D eigenvalue weighted by molar-refractivity contribution is -0.130. The van der Waals surface area contributed by atoms with Crippen molar-refractivity contribution < 1.29 is 4.79 Å². The number of amides is 1. The smallest absolute Gasteiger partial charge is 0.222 e. The molecule has 1 amide bonds. The second kappa shape index (κ2) is 7.79. The maximum atomic E-state index is 11.9. The highest BCUT2D eigenvalue weighted by Crippen LogP contribution is 2.17. The lowest BCUT2D eigenvalue weighted by atomic mass is 10.1. The van der Waals surface area contributed by atoms with Gasteiger partial charge in [-0.3, -0.25) is 4.79 Å². The summed E-state index contributed by atoms with van der Waals surface area (Å²) in [6, 6.07) is 4.12. The topological polar surface area (TPSA) is 69.0 Å². The molecule has 1 N–H and O–H groups in total. The fourth-order valence-electron chi connectivity index (χ4n) is 2.86. The Bertz CT molecular complexity index is 577. The zero-order valence-electron chi connectivity index (χ0n) is 13.5. The van der Waals surface area contributed by atoms with Gasteiger partial charge in [-0.1, -0.05) is 6.42 Å². The molecule has 0 aliphatic carbocycles. The molecule has 0 radical (unpaired) electrons. The molecule has 5 nitrogen and oxygen atoms in total. The van der Waals surface area contributed by atoms with E-state index in [1.54, 1.807) is 0 Å². The number of hydrogen-bond donors (Lipinski definition) is 1. The van der Waals surface area contributed by atoms with Gasteiger partial charge in [0.05, 0.1) is 5.56 Å². The third-order valence-electron chi connectivity index (χ3n) is 4.03. The monoisotopic (exact) mass is 300 g/mol. The van der Waals surface area contributed by atoms with E-state index in [1.165, 1.54) is 0 Å². The Morgan fingerprint density at radius 2 is 2.18 bits per heavy atom. The van der Waals surface area contributed by atoms with Gasteiger partial charge in [0.15, 0.2) is 0 Å².